The van der Waals surface area contributed by atoms with Gasteiger partial charge in [-0.15, -0.1) is 0 Å². The molecule has 0 spiro atoms. The van der Waals surface area contributed by atoms with Crippen LogP contribution in [0.15, 0.2) is 81.1 Å². The third-order valence-electron chi connectivity index (χ3n) is 7.15. The van der Waals surface area contributed by atoms with E-state index in [4.69, 9.17) is 42.4 Å². The maximum Gasteiger partial charge on any atom is 0.282 e. The summed E-state index contributed by atoms with van der Waals surface area (Å²) < 4.78 is 19.3. The van der Waals surface area contributed by atoms with E-state index in [0.29, 0.717) is 48.3 Å². The van der Waals surface area contributed by atoms with Crippen molar-refractivity contribution in [1.82, 2.24) is 9.66 Å². The van der Waals surface area contributed by atoms with Crippen LogP contribution in [-0.2, 0) is 6.61 Å². The summed E-state index contributed by atoms with van der Waals surface area (Å²) in [4.78, 5) is 18.7. The number of para-hydroxylation sites is 1. The van der Waals surface area contributed by atoms with Crippen LogP contribution in [-0.4, -0.2) is 30.1 Å². The molecule has 1 aromatic heterocycles. The van der Waals surface area contributed by atoms with Crippen LogP contribution in [0.2, 0.25) is 10.0 Å². The molecule has 0 amide bonds. The second-order valence-corrected chi connectivity index (χ2v) is 12.1. The van der Waals surface area contributed by atoms with Gasteiger partial charge in [0.15, 0.2) is 17.3 Å². The molecule has 0 saturated heterocycles. The highest BCUT2D eigenvalue weighted by atomic mass is 79.9. The molecule has 0 N–H and O–H groups in total. The van der Waals surface area contributed by atoms with Crippen LogP contribution in [0, 0.1) is 6.92 Å². The molecule has 5 aromatic rings. The molecule has 0 saturated carbocycles. The Morgan fingerprint density at radius 2 is 1.75 bits per heavy atom. The van der Waals surface area contributed by atoms with Gasteiger partial charge in [-0.05, 0) is 94.0 Å². The van der Waals surface area contributed by atoms with Gasteiger partial charge in [-0.2, -0.15) is 9.78 Å². The summed E-state index contributed by atoms with van der Waals surface area (Å²) in [5, 5.41) is 6.18. The van der Waals surface area contributed by atoms with Gasteiger partial charge in [0.05, 0.1) is 35.8 Å². The Labute approximate surface area is 274 Å². The summed E-state index contributed by atoms with van der Waals surface area (Å²) >= 11 is 15.9. The predicted molar refractivity (Wildman–Crippen MR) is 181 cm³/mol. The third-order valence-corrected chi connectivity index (χ3v) is 8.33. The van der Waals surface area contributed by atoms with E-state index in [9.17, 15) is 4.79 Å². The van der Waals surface area contributed by atoms with Crippen LogP contribution in [0.1, 0.15) is 42.0 Å². The standard InChI is InChI=1S/C34H30BrCl2N3O4/c1-19(2)25-16-26(20(3)12-30(25)42-4)33-39-29-9-7-6-8-24(29)34(41)40(33)38-17-21-13-27(35)32(31(14-21)43-5)44-18-22-10-11-23(36)15-28(22)37/h6-17,19H,18H2,1-5H3. The minimum absolute atomic E-state index is 0.190. The van der Waals surface area contributed by atoms with Crippen molar-refractivity contribution in [2.75, 3.05) is 14.2 Å². The number of nitrogens with zero attached hydrogens (tertiary/aromatic N) is 3. The highest BCUT2D eigenvalue weighted by Crippen LogP contribution is 2.38. The molecule has 0 atom stereocenters. The molecule has 0 unspecified atom stereocenters. The first-order valence-corrected chi connectivity index (χ1v) is 15.4. The molecule has 1 heterocycles. The van der Waals surface area contributed by atoms with Gasteiger partial charge in [-0.25, -0.2) is 4.98 Å². The molecule has 5 rings (SSSR count). The number of hydrogen-bond donors (Lipinski definition) is 0. The van der Waals surface area contributed by atoms with E-state index in [0.717, 1.165) is 28.0 Å². The van der Waals surface area contributed by atoms with Gasteiger partial charge in [0.1, 0.15) is 12.4 Å². The molecule has 7 nitrogen and oxygen atoms in total. The average Bonchev–Trinajstić information content (AvgIpc) is 3.00. The number of methoxy groups -OCH3 is 2. The molecule has 10 heteroatoms. The first-order valence-electron chi connectivity index (χ1n) is 13.8. The summed E-state index contributed by atoms with van der Waals surface area (Å²) in [6.45, 7) is 6.37. The van der Waals surface area contributed by atoms with Gasteiger partial charge in [0, 0.05) is 21.2 Å². The molecule has 226 valence electrons. The summed E-state index contributed by atoms with van der Waals surface area (Å²) in [5.41, 5.74) is 4.46. The van der Waals surface area contributed by atoms with Gasteiger partial charge in [0.2, 0.25) is 0 Å². The minimum atomic E-state index is -0.283. The van der Waals surface area contributed by atoms with Gasteiger partial charge >= 0.3 is 0 Å². The fourth-order valence-electron chi connectivity index (χ4n) is 4.84. The molecule has 4 aromatic carbocycles. The van der Waals surface area contributed by atoms with E-state index in [1.807, 2.05) is 49.4 Å². The van der Waals surface area contributed by atoms with E-state index in [1.54, 1.807) is 44.7 Å². The molecule has 0 radical (unpaired) electrons. The number of fused-ring (bicyclic) bond motifs is 1. The molecule has 0 aliphatic carbocycles. The second kappa shape index (κ2) is 13.4. The summed E-state index contributed by atoms with van der Waals surface area (Å²) in [7, 11) is 3.21. The van der Waals surface area contributed by atoms with Crippen molar-refractivity contribution >= 4 is 56.2 Å². The van der Waals surface area contributed by atoms with E-state index < -0.39 is 0 Å². The Morgan fingerprint density at radius 1 is 1.00 bits per heavy atom. The molecule has 0 aliphatic heterocycles. The Morgan fingerprint density at radius 3 is 2.45 bits per heavy atom. The van der Waals surface area contributed by atoms with Gasteiger partial charge in [-0.3, -0.25) is 4.79 Å². The fourth-order valence-corrected chi connectivity index (χ4v) is 5.88. The Bertz CT molecular complexity index is 1960. The topological polar surface area (TPSA) is 74.9 Å². The number of aryl methyl sites for hydroxylation is 1. The predicted octanol–water partition coefficient (Wildman–Crippen LogP) is 9.04. The SMILES string of the molecule is COc1cc(C)c(-c2nc3ccccc3c(=O)n2N=Cc2cc(Br)c(OCc3ccc(Cl)cc3Cl)c(OC)c2)cc1C(C)C. The third kappa shape index (κ3) is 6.48. The quantitative estimate of drug-likeness (QED) is 0.144. The van der Waals surface area contributed by atoms with E-state index >= 15 is 0 Å². The zero-order valence-electron chi connectivity index (χ0n) is 24.8. The second-order valence-electron chi connectivity index (χ2n) is 10.4. The Balaban J connectivity index is 1.58. The summed E-state index contributed by atoms with van der Waals surface area (Å²) in [6.07, 6.45) is 1.59. The van der Waals surface area contributed by atoms with Crippen molar-refractivity contribution in [3.63, 3.8) is 0 Å². The largest absolute Gasteiger partial charge is 0.496 e. The lowest BCUT2D eigenvalue weighted by atomic mass is 9.96. The van der Waals surface area contributed by atoms with Crippen LogP contribution in [0.4, 0.5) is 0 Å². The van der Waals surface area contributed by atoms with E-state index in [1.165, 1.54) is 4.68 Å². The first kappa shape index (κ1) is 31.6. The summed E-state index contributed by atoms with van der Waals surface area (Å²) in [6, 6.07) is 20.1. The smallest absolute Gasteiger partial charge is 0.282 e. The minimum Gasteiger partial charge on any atom is -0.496 e. The van der Waals surface area contributed by atoms with Crippen molar-refractivity contribution < 1.29 is 14.2 Å². The van der Waals surface area contributed by atoms with E-state index in [-0.39, 0.29) is 18.1 Å². The van der Waals surface area contributed by atoms with Gasteiger partial charge in [-0.1, -0.05) is 55.2 Å². The lowest BCUT2D eigenvalue weighted by Crippen LogP contribution is -2.20. The van der Waals surface area contributed by atoms with Crippen LogP contribution < -0.4 is 19.8 Å². The van der Waals surface area contributed by atoms with Crippen LogP contribution in [0.3, 0.4) is 0 Å². The molecular weight excluding hydrogens is 665 g/mol. The van der Waals surface area contributed by atoms with Gasteiger partial charge < -0.3 is 14.2 Å². The van der Waals surface area contributed by atoms with Crippen molar-refractivity contribution in [3.8, 4) is 28.6 Å². The highest BCUT2D eigenvalue weighted by molar-refractivity contribution is 9.10. The lowest BCUT2D eigenvalue weighted by Gasteiger charge is -2.17. The molecule has 44 heavy (non-hydrogen) atoms. The van der Waals surface area contributed by atoms with Crippen molar-refractivity contribution in [2.45, 2.75) is 33.3 Å². The monoisotopic (exact) mass is 693 g/mol. The molecule has 0 bridgehead atoms. The van der Waals surface area contributed by atoms with Crippen molar-refractivity contribution in [2.24, 2.45) is 5.10 Å². The summed E-state index contributed by atoms with van der Waals surface area (Å²) in [5.74, 6) is 2.38. The number of ether oxygens (including phenoxy) is 3. The van der Waals surface area contributed by atoms with Crippen LogP contribution in [0.5, 0.6) is 17.2 Å². The average molecular weight is 695 g/mol. The maximum atomic E-state index is 13.8. The molecular formula is C34H30BrCl2N3O4. The normalized spacial score (nSPS) is 11.5. The fraction of sp³-hybridized carbons (Fsp3) is 0.206. The number of aromatic nitrogens is 2. The zero-order valence-corrected chi connectivity index (χ0v) is 27.9. The zero-order chi connectivity index (χ0) is 31.5. The van der Waals surface area contributed by atoms with E-state index in [2.05, 4.69) is 34.9 Å². The van der Waals surface area contributed by atoms with Crippen molar-refractivity contribution in [3.05, 3.63) is 114 Å². The van der Waals surface area contributed by atoms with Crippen molar-refractivity contribution in [1.29, 1.82) is 0 Å². The van der Waals surface area contributed by atoms with Gasteiger partial charge in [0.25, 0.3) is 5.56 Å². The number of hydrogen-bond acceptors (Lipinski definition) is 6. The first-order chi connectivity index (χ1) is 21.1. The molecule has 0 aliphatic rings. The molecule has 0 fully saturated rings. The number of rotatable bonds is 9. The Kier molecular flexibility index (Phi) is 9.63. The Hall–Kier alpha value is -3.85. The van der Waals surface area contributed by atoms with Crippen LogP contribution >= 0.6 is 39.1 Å². The lowest BCUT2D eigenvalue weighted by molar-refractivity contribution is 0.282. The number of benzene rings is 4. The highest BCUT2D eigenvalue weighted by Gasteiger charge is 2.19. The maximum absolute atomic E-state index is 13.8. The van der Waals surface area contributed by atoms with Crippen LogP contribution in [0.25, 0.3) is 22.3 Å². The number of halogens is 3.